The molecule has 0 spiro atoms. The van der Waals surface area contributed by atoms with Gasteiger partial charge >= 0.3 is 0 Å². The van der Waals surface area contributed by atoms with E-state index in [0.29, 0.717) is 6.61 Å². The van der Waals surface area contributed by atoms with Gasteiger partial charge in [-0.15, -0.1) is 0 Å². The second-order valence-electron chi connectivity index (χ2n) is 3.14. The van der Waals surface area contributed by atoms with Gasteiger partial charge in [-0.2, -0.15) is 0 Å². The molecule has 1 rings (SSSR count). The van der Waals surface area contributed by atoms with Gasteiger partial charge in [-0.1, -0.05) is 30.3 Å². The van der Waals surface area contributed by atoms with Crippen molar-refractivity contribution in [2.75, 3.05) is 0 Å². The molecule has 1 aromatic carbocycles. The fourth-order valence-electron chi connectivity index (χ4n) is 1.12. The number of hydrogen-bond donors (Lipinski definition) is 1. The average Bonchev–Trinajstić information content (AvgIpc) is 2.15. The van der Waals surface area contributed by atoms with Crippen LogP contribution in [0.15, 0.2) is 30.3 Å². The van der Waals surface area contributed by atoms with Crippen LogP contribution < -0.4 is 5.32 Å². The van der Waals surface area contributed by atoms with Gasteiger partial charge in [0.15, 0.2) is 0 Å². The van der Waals surface area contributed by atoms with Crippen molar-refractivity contribution in [3.8, 4) is 0 Å². The van der Waals surface area contributed by atoms with Gasteiger partial charge in [-0.05, 0) is 12.5 Å². The van der Waals surface area contributed by atoms with Gasteiger partial charge in [0, 0.05) is 6.92 Å². The summed E-state index contributed by atoms with van der Waals surface area (Å²) in [5.74, 6) is -0.0782. The zero-order valence-corrected chi connectivity index (χ0v) is 8.49. The van der Waals surface area contributed by atoms with Crippen LogP contribution in [0.25, 0.3) is 0 Å². The summed E-state index contributed by atoms with van der Waals surface area (Å²) >= 11 is 0. The average molecular weight is 193 g/mol. The van der Waals surface area contributed by atoms with E-state index in [1.807, 2.05) is 37.3 Å². The topological polar surface area (TPSA) is 38.3 Å². The van der Waals surface area contributed by atoms with Crippen LogP contribution in [-0.2, 0) is 16.1 Å². The van der Waals surface area contributed by atoms with Crippen molar-refractivity contribution < 1.29 is 9.53 Å². The summed E-state index contributed by atoms with van der Waals surface area (Å²) in [6.07, 6.45) is -0.243. The first kappa shape index (κ1) is 10.7. The Labute approximate surface area is 84.1 Å². The highest BCUT2D eigenvalue weighted by atomic mass is 16.5. The lowest BCUT2D eigenvalue weighted by Crippen LogP contribution is -2.32. The fraction of sp³-hybridized carbons (Fsp3) is 0.364. The lowest BCUT2D eigenvalue weighted by atomic mass is 10.2. The molecule has 1 N–H and O–H groups in total. The molecular weight excluding hydrogens is 178 g/mol. The second kappa shape index (κ2) is 5.40. The Hall–Kier alpha value is -1.35. The SMILES string of the molecule is CC(=O)NC(C)OCc1ccccc1. The van der Waals surface area contributed by atoms with E-state index in [2.05, 4.69) is 5.32 Å². The normalized spacial score (nSPS) is 12.1. The lowest BCUT2D eigenvalue weighted by molar-refractivity contribution is -0.123. The van der Waals surface area contributed by atoms with Gasteiger partial charge in [-0.25, -0.2) is 0 Å². The quantitative estimate of drug-likeness (QED) is 0.739. The first-order chi connectivity index (χ1) is 6.68. The predicted octanol–water partition coefficient (Wildman–Crippen LogP) is 1.69. The van der Waals surface area contributed by atoms with E-state index in [1.54, 1.807) is 0 Å². The molecule has 0 heterocycles. The van der Waals surface area contributed by atoms with E-state index in [0.717, 1.165) is 5.56 Å². The highest BCUT2D eigenvalue weighted by Crippen LogP contribution is 2.01. The number of hydrogen-bond acceptors (Lipinski definition) is 2. The summed E-state index contributed by atoms with van der Waals surface area (Å²) in [5.41, 5.74) is 1.10. The summed E-state index contributed by atoms with van der Waals surface area (Å²) in [4.78, 5) is 10.7. The maximum absolute atomic E-state index is 10.7. The van der Waals surface area contributed by atoms with E-state index >= 15 is 0 Å². The molecule has 0 bridgehead atoms. The highest BCUT2D eigenvalue weighted by Gasteiger charge is 2.02. The van der Waals surface area contributed by atoms with Gasteiger partial charge in [0.25, 0.3) is 0 Å². The number of rotatable bonds is 4. The molecule has 0 aliphatic rings. The molecule has 1 unspecified atom stereocenters. The van der Waals surface area contributed by atoms with Crippen LogP contribution in [-0.4, -0.2) is 12.1 Å². The molecule has 1 aromatic rings. The van der Waals surface area contributed by atoms with Gasteiger partial charge in [0.2, 0.25) is 5.91 Å². The monoisotopic (exact) mass is 193 g/mol. The Morgan fingerprint density at radius 1 is 1.43 bits per heavy atom. The van der Waals surface area contributed by atoms with Gasteiger partial charge < -0.3 is 10.1 Å². The van der Waals surface area contributed by atoms with Crippen molar-refractivity contribution in [1.29, 1.82) is 0 Å². The van der Waals surface area contributed by atoms with Crippen molar-refractivity contribution in [1.82, 2.24) is 5.32 Å². The number of carbonyl (C=O) groups is 1. The Kier molecular flexibility index (Phi) is 4.13. The molecule has 0 fully saturated rings. The summed E-state index contributed by atoms with van der Waals surface area (Å²) in [7, 11) is 0. The van der Waals surface area contributed by atoms with Crippen LogP contribution in [0.1, 0.15) is 19.4 Å². The number of carbonyl (C=O) groups excluding carboxylic acids is 1. The third-order valence-corrected chi connectivity index (χ3v) is 1.75. The van der Waals surface area contributed by atoms with Crippen molar-refractivity contribution in [3.05, 3.63) is 35.9 Å². The Morgan fingerprint density at radius 2 is 2.07 bits per heavy atom. The predicted molar refractivity (Wildman–Crippen MR) is 54.5 cm³/mol. The molecule has 3 heteroatoms. The maximum Gasteiger partial charge on any atom is 0.218 e. The molecule has 0 saturated heterocycles. The lowest BCUT2D eigenvalue weighted by Gasteiger charge is -2.13. The van der Waals surface area contributed by atoms with E-state index in [9.17, 15) is 4.79 Å². The van der Waals surface area contributed by atoms with Crippen LogP contribution in [0.4, 0.5) is 0 Å². The van der Waals surface area contributed by atoms with Crippen LogP contribution in [0.2, 0.25) is 0 Å². The Balaban J connectivity index is 2.30. The molecule has 3 nitrogen and oxygen atoms in total. The molecule has 0 aromatic heterocycles. The first-order valence-corrected chi connectivity index (χ1v) is 4.61. The molecule has 0 aliphatic heterocycles. The fourth-order valence-corrected chi connectivity index (χ4v) is 1.12. The molecule has 1 amide bonds. The van der Waals surface area contributed by atoms with E-state index in [1.165, 1.54) is 6.92 Å². The van der Waals surface area contributed by atoms with Crippen molar-refractivity contribution in [2.45, 2.75) is 26.7 Å². The zero-order valence-electron chi connectivity index (χ0n) is 8.49. The Morgan fingerprint density at radius 3 is 2.64 bits per heavy atom. The van der Waals surface area contributed by atoms with Gasteiger partial charge in [-0.3, -0.25) is 4.79 Å². The first-order valence-electron chi connectivity index (χ1n) is 4.61. The van der Waals surface area contributed by atoms with Crippen molar-refractivity contribution >= 4 is 5.91 Å². The molecule has 1 atom stereocenters. The number of nitrogens with one attached hydrogen (secondary N) is 1. The Bertz CT molecular complexity index is 285. The standard InChI is InChI=1S/C11H15NO2/c1-9(13)12-10(2)14-8-11-6-4-3-5-7-11/h3-7,10H,8H2,1-2H3,(H,12,13). The number of benzene rings is 1. The highest BCUT2D eigenvalue weighted by molar-refractivity contribution is 5.72. The maximum atomic E-state index is 10.7. The van der Waals surface area contributed by atoms with Crippen LogP contribution in [0.3, 0.4) is 0 Å². The van der Waals surface area contributed by atoms with Crippen molar-refractivity contribution in [3.63, 3.8) is 0 Å². The molecular formula is C11H15NO2. The summed E-state index contributed by atoms with van der Waals surface area (Å²) in [5, 5.41) is 2.65. The molecule has 0 saturated carbocycles. The van der Waals surface area contributed by atoms with E-state index in [-0.39, 0.29) is 12.1 Å². The zero-order chi connectivity index (χ0) is 10.4. The number of ether oxygens (including phenoxy) is 1. The van der Waals surface area contributed by atoms with Crippen LogP contribution in [0.5, 0.6) is 0 Å². The minimum Gasteiger partial charge on any atom is -0.354 e. The molecule has 0 aliphatic carbocycles. The van der Waals surface area contributed by atoms with E-state index in [4.69, 9.17) is 4.74 Å². The molecule has 76 valence electrons. The van der Waals surface area contributed by atoms with Crippen molar-refractivity contribution in [2.24, 2.45) is 0 Å². The van der Waals surface area contributed by atoms with Gasteiger partial charge in [0.05, 0.1) is 6.61 Å². The second-order valence-corrected chi connectivity index (χ2v) is 3.14. The van der Waals surface area contributed by atoms with Crippen LogP contribution >= 0.6 is 0 Å². The third-order valence-electron chi connectivity index (χ3n) is 1.75. The molecule has 14 heavy (non-hydrogen) atoms. The minimum atomic E-state index is -0.243. The van der Waals surface area contributed by atoms with Gasteiger partial charge in [0.1, 0.15) is 6.23 Å². The van der Waals surface area contributed by atoms with Crippen LogP contribution in [0, 0.1) is 0 Å². The minimum absolute atomic E-state index is 0.0782. The largest absolute Gasteiger partial charge is 0.354 e. The summed E-state index contributed by atoms with van der Waals surface area (Å²) < 4.78 is 5.41. The summed E-state index contributed by atoms with van der Waals surface area (Å²) in [6.45, 7) is 3.80. The smallest absolute Gasteiger partial charge is 0.218 e. The van der Waals surface area contributed by atoms with E-state index < -0.39 is 0 Å². The number of amides is 1. The third kappa shape index (κ3) is 4.05. The summed E-state index contributed by atoms with van der Waals surface area (Å²) in [6, 6.07) is 9.85. The molecule has 0 radical (unpaired) electrons.